The second-order valence-electron chi connectivity index (χ2n) is 12.6. The van der Waals surface area contributed by atoms with E-state index in [0.717, 1.165) is 16.9 Å². The number of benzene rings is 2. The minimum absolute atomic E-state index is 0.0742. The summed E-state index contributed by atoms with van der Waals surface area (Å²) >= 11 is 0. The average molecular weight is 622 g/mol. The number of esters is 3. The molecule has 0 bridgehead atoms. The van der Waals surface area contributed by atoms with Gasteiger partial charge in [0, 0.05) is 0 Å². The number of imide groups is 1. The first kappa shape index (κ1) is 35.5. The first-order valence-corrected chi connectivity index (χ1v) is 15.8. The van der Waals surface area contributed by atoms with Crippen molar-refractivity contribution in [1.29, 1.82) is 0 Å². The van der Waals surface area contributed by atoms with Gasteiger partial charge in [-0.05, 0) is 69.6 Å². The molecule has 0 radical (unpaired) electrons. The highest BCUT2D eigenvalue weighted by Crippen LogP contribution is 2.43. The van der Waals surface area contributed by atoms with Crippen molar-refractivity contribution in [2.45, 2.75) is 79.1 Å². The van der Waals surface area contributed by atoms with Crippen molar-refractivity contribution in [2.24, 2.45) is 16.7 Å². The van der Waals surface area contributed by atoms with Gasteiger partial charge in [0.2, 0.25) is 0 Å². The number of rotatable bonds is 17. The molecule has 1 aliphatic heterocycles. The molecule has 1 heterocycles. The fourth-order valence-electron chi connectivity index (χ4n) is 6.05. The molecule has 2 aromatic rings. The van der Waals surface area contributed by atoms with Crippen molar-refractivity contribution in [3.05, 3.63) is 71.3 Å². The minimum atomic E-state index is -1.17. The van der Waals surface area contributed by atoms with Gasteiger partial charge in [0.05, 0.1) is 48.1 Å². The summed E-state index contributed by atoms with van der Waals surface area (Å²) in [5.41, 5.74) is -0.465. The maximum atomic E-state index is 14.0. The first-order valence-electron chi connectivity index (χ1n) is 15.8. The number of nitrogens with zero attached hydrogens (tertiary/aromatic N) is 1. The van der Waals surface area contributed by atoms with E-state index in [1.165, 1.54) is 7.11 Å². The molecule has 2 aromatic carbocycles. The number of hydrogen-bond donors (Lipinski definition) is 0. The molecule has 2 amide bonds. The van der Waals surface area contributed by atoms with Gasteiger partial charge in [-0.3, -0.25) is 28.9 Å². The average Bonchev–Trinajstić information content (AvgIpc) is 3.29. The number of unbranched alkanes of at least 4 members (excludes halogenated alkanes) is 1. The summed E-state index contributed by atoms with van der Waals surface area (Å²) in [7, 11) is 1.32. The van der Waals surface area contributed by atoms with Gasteiger partial charge < -0.3 is 14.2 Å². The third kappa shape index (κ3) is 8.59. The van der Waals surface area contributed by atoms with E-state index in [1.54, 1.807) is 38.1 Å². The van der Waals surface area contributed by atoms with E-state index in [9.17, 15) is 24.0 Å². The summed E-state index contributed by atoms with van der Waals surface area (Å²) in [5, 5.41) is 0. The summed E-state index contributed by atoms with van der Waals surface area (Å²) in [4.78, 5) is 67.1. The highest BCUT2D eigenvalue weighted by Gasteiger charge is 2.45. The predicted molar refractivity (Wildman–Crippen MR) is 169 cm³/mol. The van der Waals surface area contributed by atoms with Gasteiger partial charge in [-0.15, -0.1) is 0 Å². The van der Waals surface area contributed by atoms with Crippen molar-refractivity contribution in [3.63, 3.8) is 0 Å². The fraction of sp³-hybridized carbons (Fsp3) is 0.528. The molecule has 3 rings (SSSR count). The van der Waals surface area contributed by atoms with E-state index >= 15 is 0 Å². The molecule has 0 saturated carbocycles. The van der Waals surface area contributed by atoms with Gasteiger partial charge in [-0.25, -0.2) is 0 Å². The molecule has 0 saturated heterocycles. The van der Waals surface area contributed by atoms with Gasteiger partial charge in [0.1, 0.15) is 6.61 Å². The Morgan fingerprint density at radius 2 is 1.36 bits per heavy atom. The van der Waals surface area contributed by atoms with Crippen LogP contribution in [-0.4, -0.2) is 61.5 Å². The molecule has 0 N–H and O–H groups in total. The number of fused-ring (bicyclic) bond motifs is 1. The van der Waals surface area contributed by atoms with Crippen LogP contribution in [0.15, 0.2) is 54.6 Å². The van der Waals surface area contributed by atoms with Crippen molar-refractivity contribution in [1.82, 2.24) is 4.90 Å². The van der Waals surface area contributed by atoms with E-state index in [1.807, 2.05) is 51.1 Å². The van der Waals surface area contributed by atoms with Crippen LogP contribution in [0.5, 0.6) is 0 Å². The fourth-order valence-corrected chi connectivity index (χ4v) is 6.05. The smallest absolute Gasteiger partial charge is 0.311 e. The van der Waals surface area contributed by atoms with Gasteiger partial charge >= 0.3 is 17.9 Å². The van der Waals surface area contributed by atoms with Crippen molar-refractivity contribution < 1.29 is 38.2 Å². The monoisotopic (exact) mass is 621 g/mol. The molecule has 4 atom stereocenters. The van der Waals surface area contributed by atoms with Gasteiger partial charge in [0.25, 0.3) is 11.8 Å². The molecule has 45 heavy (non-hydrogen) atoms. The van der Waals surface area contributed by atoms with Crippen LogP contribution in [0.3, 0.4) is 0 Å². The van der Waals surface area contributed by atoms with Crippen LogP contribution in [0.2, 0.25) is 0 Å². The number of carbonyl (C=O) groups excluding carboxylic acids is 5. The molecule has 4 unspecified atom stereocenters. The maximum Gasteiger partial charge on any atom is 0.311 e. The van der Waals surface area contributed by atoms with Gasteiger partial charge in [0.15, 0.2) is 0 Å². The van der Waals surface area contributed by atoms with Crippen LogP contribution in [0.1, 0.15) is 105 Å². The first-order chi connectivity index (χ1) is 21.4. The Balaban J connectivity index is 1.86. The zero-order chi connectivity index (χ0) is 33.2. The van der Waals surface area contributed by atoms with Crippen molar-refractivity contribution in [3.8, 4) is 0 Å². The molecule has 9 heteroatoms. The Bertz CT molecular complexity index is 1320. The molecule has 244 valence electrons. The SMILES string of the molecule is CCCCOC(=O)C(CC(C)(CC)C(=O)OC)CC(C)(CC(C)c1ccccc1)C(=O)OCCN1C(=O)c2ccccc2C1=O. The summed E-state index contributed by atoms with van der Waals surface area (Å²) in [6.45, 7) is 9.35. The Labute approximate surface area is 266 Å². The largest absolute Gasteiger partial charge is 0.469 e. The zero-order valence-corrected chi connectivity index (χ0v) is 27.4. The third-order valence-corrected chi connectivity index (χ3v) is 8.97. The Morgan fingerprint density at radius 1 is 0.778 bits per heavy atom. The lowest BCUT2D eigenvalue weighted by molar-refractivity contribution is -0.162. The molecule has 0 fully saturated rings. The summed E-state index contributed by atoms with van der Waals surface area (Å²) in [6, 6.07) is 16.3. The number of methoxy groups -OCH3 is 1. The Kier molecular flexibility index (Phi) is 12.5. The van der Waals surface area contributed by atoms with Crippen LogP contribution in [-0.2, 0) is 28.6 Å². The highest BCUT2D eigenvalue weighted by atomic mass is 16.5. The van der Waals surface area contributed by atoms with Gasteiger partial charge in [-0.2, -0.15) is 0 Å². The van der Waals surface area contributed by atoms with Crippen molar-refractivity contribution >= 4 is 29.7 Å². The number of ether oxygens (including phenoxy) is 3. The Morgan fingerprint density at radius 3 is 1.91 bits per heavy atom. The maximum absolute atomic E-state index is 14.0. The number of hydrogen-bond acceptors (Lipinski definition) is 8. The Hall–Kier alpha value is -4.01. The van der Waals surface area contributed by atoms with Crippen LogP contribution >= 0.6 is 0 Å². The lowest BCUT2D eigenvalue weighted by Gasteiger charge is -2.36. The zero-order valence-electron chi connectivity index (χ0n) is 27.4. The summed E-state index contributed by atoms with van der Waals surface area (Å²) < 4.78 is 16.5. The lowest BCUT2D eigenvalue weighted by atomic mass is 9.69. The topological polar surface area (TPSA) is 116 Å². The minimum Gasteiger partial charge on any atom is -0.469 e. The molecule has 1 aliphatic rings. The van der Waals surface area contributed by atoms with Crippen LogP contribution in [0, 0.1) is 16.7 Å². The number of amides is 2. The van der Waals surface area contributed by atoms with E-state index < -0.39 is 46.5 Å². The van der Waals surface area contributed by atoms with Crippen LogP contribution in [0.4, 0.5) is 0 Å². The van der Waals surface area contributed by atoms with Crippen LogP contribution < -0.4 is 0 Å². The molecule has 0 aromatic heterocycles. The lowest BCUT2D eigenvalue weighted by Crippen LogP contribution is -2.40. The quantitative estimate of drug-likeness (QED) is 0.0868. The second kappa shape index (κ2) is 15.8. The van der Waals surface area contributed by atoms with Gasteiger partial charge in [-0.1, -0.05) is 69.7 Å². The predicted octanol–water partition coefficient (Wildman–Crippen LogP) is 6.35. The second-order valence-corrected chi connectivity index (χ2v) is 12.6. The normalized spacial score (nSPS) is 16.6. The molecule has 9 nitrogen and oxygen atoms in total. The highest BCUT2D eigenvalue weighted by molar-refractivity contribution is 6.21. The molecule has 0 aliphatic carbocycles. The third-order valence-electron chi connectivity index (χ3n) is 8.97. The van der Waals surface area contributed by atoms with E-state index in [-0.39, 0.29) is 38.5 Å². The van der Waals surface area contributed by atoms with E-state index in [2.05, 4.69) is 0 Å². The van der Waals surface area contributed by atoms with Crippen LogP contribution in [0.25, 0.3) is 0 Å². The molecule has 0 spiro atoms. The standard InChI is InChI=1S/C36H47NO8/c1-7-9-20-44-32(40)27(23-35(4,8-2)33(41)43-6)24-36(5,22-25(3)26-15-11-10-12-16-26)34(42)45-21-19-37-30(38)28-17-13-14-18-29(28)31(37)39/h10-18,25,27H,7-9,19-24H2,1-6H3. The summed E-state index contributed by atoms with van der Waals surface area (Å²) in [5.74, 6) is -3.17. The van der Waals surface area contributed by atoms with E-state index in [4.69, 9.17) is 14.2 Å². The number of carbonyl (C=O) groups is 5. The van der Waals surface area contributed by atoms with Crippen molar-refractivity contribution in [2.75, 3.05) is 26.9 Å². The molecular formula is C36H47NO8. The molecular weight excluding hydrogens is 574 g/mol. The van der Waals surface area contributed by atoms with E-state index in [0.29, 0.717) is 30.4 Å². The summed E-state index contributed by atoms with van der Waals surface area (Å²) in [6.07, 6.45) is 2.54.